The van der Waals surface area contributed by atoms with Gasteiger partial charge < -0.3 is 25.8 Å². The standard InChI is InChI=1S/C21H27N3O4/c1-14(2)24-20(25)13-28-18-10-9-16(11-19(18)27-3)21(26)23-12-17(22)15-7-5-4-6-8-15/h4-11,14,17H,12-13,22H2,1-3H3,(H,23,26)(H,24,25). The predicted octanol–water partition coefficient (Wildman–Crippen LogP) is 2.03. The highest BCUT2D eigenvalue weighted by Crippen LogP contribution is 2.28. The van der Waals surface area contributed by atoms with Gasteiger partial charge in [0.2, 0.25) is 0 Å². The van der Waals surface area contributed by atoms with Crippen LogP contribution in [0.1, 0.15) is 35.8 Å². The predicted molar refractivity (Wildman–Crippen MR) is 107 cm³/mol. The van der Waals surface area contributed by atoms with Gasteiger partial charge in [-0.15, -0.1) is 0 Å². The Kier molecular flexibility index (Phi) is 7.83. The van der Waals surface area contributed by atoms with Crippen molar-refractivity contribution in [3.63, 3.8) is 0 Å². The molecular weight excluding hydrogens is 358 g/mol. The molecule has 0 fully saturated rings. The number of carbonyl (C=O) groups is 2. The second kappa shape index (κ2) is 10.3. The molecule has 0 aromatic heterocycles. The summed E-state index contributed by atoms with van der Waals surface area (Å²) in [7, 11) is 1.48. The fourth-order valence-corrected chi connectivity index (χ4v) is 2.56. The number of amides is 2. The fraction of sp³-hybridized carbons (Fsp3) is 0.333. The van der Waals surface area contributed by atoms with E-state index in [4.69, 9.17) is 15.2 Å². The van der Waals surface area contributed by atoms with Gasteiger partial charge in [-0.05, 0) is 37.6 Å². The molecule has 1 unspecified atom stereocenters. The summed E-state index contributed by atoms with van der Waals surface area (Å²) in [5.74, 6) is 0.263. The normalized spacial score (nSPS) is 11.6. The van der Waals surface area contributed by atoms with Crippen LogP contribution in [-0.2, 0) is 4.79 Å². The number of ether oxygens (including phenoxy) is 2. The van der Waals surface area contributed by atoms with Crippen LogP contribution in [-0.4, -0.2) is 38.1 Å². The lowest BCUT2D eigenvalue weighted by Crippen LogP contribution is -2.34. The van der Waals surface area contributed by atoms with Gasteiger partial charge in [0.25, 0.3) is 11.8 Å². The first-order valence-corrected chi connectivity index (χ1v) is 9.09. The molecule has 0 saturated heterocycles. The van der Waals surface area contributed by atoms with E-state index >= 15 is 0 Å². The molecule has 2 amide bonds. The van der Waals surface area contributed by atoms with E-state index in [0.717, 1.165) is 5.56 Å². The van der Waals surface area contributed by atoms with E-state index in [0.29, 0.717) is 23.6 Å². The molecule has 7 nitrogen and oxygen atoms in total. The first-order chi connectivity index (χ1) is 13.4. The average molecular weight is 385 g/mol. The number of benzene rings is 2. The minimum Gasteiger partial charge on any atom is -0.493 e. The molecule has 4 N–H and O–H groups in total. The van der Waals surface area contributed by atoms with Crippen molar-refractivity contribution in [1.29, 1.82) is 0 Å². The number of carbonyl (C=O) groups excluding carboxylic acids is 2. The number of hydrogen-bond acceptors (Lipinski definition) is 5. The Morgan fingerprint density at radius 2 is 1.79 bits per heavy atom. The Morgan fingerprint density at radius 1 is 1.07 bits per heavy atom. The first kappa shape index (κ1) is 21.2. The largest absolute Gasteiger partial charge is 0.493 e. The summed E-state index contributed by atoms with van der Waals surface area (Å²) in [5.41, 5.74) is 7.47. The zero-order valence-corrected chi connectivity index (χ0v) is 16.4. The van der Waals surface area contributed by atoms with Crippen molar-refractivity contribution in [3.8, 4) is 11.5 Å². The maximum atomic E-state index is 12.4. The van der Waals surface area contributed by atoms with E-state index in [9.17, 15) is 9.59 Å². The molecule has 0 bridgehead atoms. The Labute approximate surface area is 165 Å². The Balaban J connectivity index is 1.96. The van der Waals surface area contributed by atoms with Crippen LogP contribution in [0.15, 0.2) is 48.5 Å². The van der Waals surface area contributed by atoms with Crippen LogP contribution in [0.3, 0.4) is 0 Å². The molecule has 1 atom stereocenters. The quantitative estimate of drug-likeness (QED) is 0.613. The van der Waals surface area contributed by atoms with E-state index < -0.39 is 0 Å². The Bertz CT molecular complexity index is 793. The fourth-order valence-electron chi connectivity index (χ4n) is 2.56. The topological polar surface area (TPSA) is 103 Å². The maximum Gasteiger partial charge on any atom is 0.258 e. The van der Waals surface area contributed by atoms with Gasteiger partial charge in [0.15, 0.2) is 18.1 Å². The minimum atomic E-state index is -0.297. The van der Waals surface area contributed by atoms with Crippen molar-refractivity contribution >= 4 is 11.8 Å². The number of hydrogen-bond donors (Lipinski definition) is 3. The lowest BCUT2D eigenvalue weighted by molar-refractivity contribution is -0.123. The molecule has 2 rings (SSSR count). The summed E-state index contributed by atoms with van der Waals surface area (Å²) >= 11 is 0. The van der Waals surface area contributed by atoms with Gasteiger partial charge in [-0.2, -0.15) is 0 Å². The molecular formula is C21H27N3O4. The van der Waals surface area contributed by atoms with Crippen molar-refractivity contribution < 1.29 is 19.1 Å². The molecule has 28 heavy (non-hydrogen) atoms. The van der Waals surface area contributed by atoms with Gasteiger partial charge in [0.1, 0.15) is 0 Å². The molecule has 2 aromatic carbocycles. The molecule has 0 heterocycles. The highest BCUT2D eigenvalue weighted by Gasteiger charge is 2.14. The lowest BCUT2D eigenvalue weighted by atomic mass is 10.1. The minimum absolute atomic E-state index is 0.0336. The molecule has 0 aliphatic carbocycles. The molecule has 0 radical (unpaired) electrons. The zero-order valence-electron chi connectivity index (χ0n) is 16.4. The van der Waals surface area contributed by atoms with Crippen molar-refractivity contribution in [2.75, 3.05) is 20.3 Å². The van der Waals surface area contributed by atoms with Gasteiger partial charge >= 0.3 is 0 Å². The van der Waals surface area contributed by atoms with Crippen LogP contribution in [0.4, 0.5) is 0 Å². The average Bonchev–Trinajstić information content (AvgIpc) is 2.70. The molecule has 150 valence electrons. The molecule has 0 spiro atoms. The Hall–Kier alpha value is -3.06. The lowest BCUT2D eigenvalue weighted by Gasteiger charge is -2.15. The van der Waals surface area contributed by atoms with E-state index in [1.807, 2.05) is 44.2 Å². The number of methoxy groups -OCH3 is 1. The van der Waals surface area contributed by atoms with Crippen LogP contribution in [0.2, 0.25) is 0 Å². The van der Waals surface area contributed by atoms with E-state index in [-0.39, 0.29) is 30.5 Å². The summed E-state index contributed by atoms with van der Waals surface area (Å²) in [4.78, 5) is 24.1. The number of nitrogens with one attached hydrogen (secondary N) is 2. The number of rotatable bonds is 9. The van der Waals surface area contributed by atoms with Gasteiger partial charge in [0, 0.05) is 24.2 Å². The third kappa shape index (κ3) is 6.28. The van der Waals surface area contributed by atoms with Crippen molar-refractivity contribution in [3.05, 3.63) is 59.7 Å². The second-order valence-electron chi connectivity index (χ2n) is 6.60. The third-order valence-corrected chi connectivity index (χ3v) is 3.94. The zero-order chi connectivity index (χ0) is 20.5. The number of nitrogens with two attached hydrogens (primary N) is 1. The van der Waals surface area contributed by atoms with Crippen molar-refractivity contribution in [2.45, 2.75) is 25.9 Å². The van der Waals surface area contributed by atoms with E-state index in [2.05, 4.69) is 10.6 Å². The molecule has 0 aliphatic rings. The maximum absolute atomic E-state index is 12.4. The monoisotopic (exact) mass is 385 g/mol. The van der Waals surface area contributed by atoms with Crippen LogP contribution in [0, 0.1) is 0 Å². The van der Waals surface area contributed by atoms with Crippen molar-refractivity contribution in [2.24, 2.45) is 5.73 Å². The van der Waals surface area contributed by atoms with Gasteiger partial charge in [-0.25, -0.2) is 0 Å². The van der Waals surface area contributed by atoms with E-state index in [1.54, 1.807) is 18.2 Å². The van der Waals surface area contributed by atoms with E-state index in [1.165, 1.54) is 7.11 Å². The second-order valence-corrected chi connectivity index (χ2v) is 6.60. The highest BCUT2D eigenvalue weighted by atomic mass is 16.5. The van der Waals surface area contributed by atoms with Crippen LogP contribution in [0.5, 0.6) is 11.5 Å². The summed E-state index contributed by atoms with van der Waals surface area (Å²) in [6.07, 6.45) is 0. The van der Waals surface area contributed by atoms with Crippen LogP contribution in [0.25, 0.3) is 0 Å². The third-order valence-electron chi connectivity index (χ3n) is 3.94. The first-order valence-electron chi connectivity index (χ1n) is 9.09. The molecule has 2 aromatic rings. The van der Waals surface area contributed by atoms with Crippen LogP contribution >= 0.6 is 0 Å². The SMILES string of the molecule is COc1cc(C(=O)NCC(N)c2ccccc2)ccc1OCC(=O)NC(C)C. The van der Waals surface area contributed by atoms with Crippen molar-refractivity contribution in [1.82, 2.24) is 10.6 Å². The summed E-state index contributed by atoms with van der Waals surface area (Å²) in [6, 6.07) is 14.1. The van der Waals surface area contributed by atoms with Gasteiger partial charge in [-0.1, -0.05) is 30.3 Å². The summed E-state index contributed by atoms with van der Waals surface area (Å²) in [6.45, 7) is 3.91. The summed E-state index contributed by atoms with van der Waals surface area (Å²) < 4.78 is 10.8. The Morgan fingerprint density at radius 3 is 2.43 bits per heavy atom. The van der Waals surface area contributed by atoms with Gasteiger partial charge in [-0.3, -0.25) is 9.59 Å². The molecule has 0 aliphatic heterocycles. The molecule has 0 saturated carbocycles. The highest BCUT2D eigenvalue weighted by molar-refractivity contribution is 5.95. The summed E-state index contributed by atoms with van der Waals surface area (Å²) in [5, 5.41) is 5.56. The molecule has 7 heteroatoms. The van der Waals surface area contributed by atoms with Gasteiger partial charge in [0.05, 0.1) is 7.11 Å². The van der Waals surface area contributed by atoms with Crippen LogP contribution < -0.4 is 25.8 Å². The smallest absolute Gasteiger partial charge is 0.258 e.